The van der Waals surface area contributed by atoms with E-state index in [0.29, 0.717) is 11.0 Å². The lowest BCUT2D eigenvalue weighted by molar-refractivity contribution is 0.884. The van der Waals surface area contributed by atoms with E-state index < -0.39 is 0 Å². The molecule has 3 aromatic rings. The average Bonchev–Trinajstić information content (AvgIpc) is 2.85. The highest BCUT2D eigenvalue weighted by atomic mass is 79.9. The van der Waals surface area contributed by atoms with Gasteiger partial charge in [0.05, 0.1) is 17.3 Å². The Morgan fingerprint density at radius 3 is 2.29 bits per heavy atom. The lowest BCUT2D eigenvalue weighted by Crippen LogP contribution is -1.96. The fraction of sp³-hybridized carbons (Fsp3) is 0.0625. The molecule has 5 heteroatoms. The predicted molar refractivity (Wildman–Crippen MR) is 91.3 cm³/mol. The van der Waals surface area contributed by atoms with Crippen molar-refractivity contribution in [3.8, 4) is 16.9 Å². The molecule has 106 valence electrons. The van der Waals surface area contributed by atoms with Crippen LogP contribution in [0.15, 0.2) is 59.1 Å². The third kappa shape index (κ3) is 2.86. The Morgan fingerprint density at radius 2 is 1.67 bits per heavy atom. The first-order chi connectivity index (χ1) is 10.2. The molecule has 0 saturated carbocycles. The van der Waals surface area contributed by atoms with Crippen LogP contribution in [-0.2, 0) is 5.88 Å². The summed E-state index contributed by atoms with van der Waals surface area (Å²) in [6.07, 6.45) is 0. The standard InChI is InChI=1S/C16H11BrCl2N2/c17-12-8-6-11(7-9-12)15-14(10-18)16(19)21(20-15)13-4-2-1-3-5-13/h1-9H,10H2. The second-order valence-electron chi connectivity index (χ2n) is 4.51. The SMILES string of the molecule is ClCc1c(-c2ccc(Br)cc2)nn(-c2ccccc2)c1Cl. The maximum atomic E-state index is 6.45. The van der Waals surface area contributed by atoms with Crippen LogP contribution in [0.5, 0.6) is 0 Å². The van der Waals surface area contributed by atoms with Crippen molar-refractivity contribution in [1.29, 1.82) is 0 Å². The van der Waals surface area contributed by atoms with Gasteiger partial charge in [0.25, 0.3) is 0 Å². The van der Waals surface area contributed by atoms with E-state index in [1.54, 1.807) is 4.68 Å². The number of alkyl halides is 1. The first-order valence-corrected chi connectivity index (χ1v) is 8.06. The van der Waals surface area contributed by atoms with Gasteiger partial charge in [0.1, 0.15) is 5.15 Å². The summed E-state index contributed by atoms with van der Waals surface area (Å²) in [6, 6.07) is 17.7. The summed E-state index contributed by atoms with van der Waals surface area (Å²) >= 11 is 16.0. The van der Waals surface area contributed by atoms with E-state index in [-0.39, 0.29) is 0 Å². The minimum absolute atomic E-state index is 0.317. The molecule has 0 bridgehead atoms. The first kappa shape index (κ1) is 14.6. The van der Waals surface area contributed by atoms with Crippen molar-refractivity contribution in [2.45, 2.75) is 5.88 Å². The minimum atomic E-state index is 0.317. The number of para-hydroxylation sites is 1. The fourth-order valence-corrected chi connectivity index (χ4v) is 3.01. The second-order valence-corrected chi connectivity index (χ2v) is 6.05. The van der Waals surface area contributed by atoms with Crippen molar-refractivity contribution in [2.75, 3.05) is 0 Å². The van der Waals surface area contributed by atoms with Gasteiger partial charge in [-0.2, -0.15) is 5.10 Å². The summed E-state index contributed by atoms with van der Waals surface area (Å²) in [4.78, 5) is 0. The third-order valence-corrected chi connectivity index (χ3v) is 4.36. The summed E-state index contributed by atoms with van der Waals surface area (Å²) in [7, 11) is 0. The van der Waals surface area contributed by atoms with Crippen LogP contribution in [0.2, 0.25) is 5.15 Å². The highest BCUT2D eigenvalue weighted by Crippen LogP contribution is 2.32. The van der Waals surface area contributed by atoms with Gasteiger partial charge >= 0.3 is 0 Å². The average molecular weight is 382 g/mol. The smallest absolute Gasteiger partial charge is 0.137 e. The van der Waals surface area contributed by atoms with Crippen molar-refractivity contribution in [3.63, 3.8) is 0 Å². The summed E-state index contributed by atoms with van der Waals surface area (Å²) in [5.41, 5.74) is 3.55. The van der Waals surface area contributed by atoms with Gasteiger partial charge in [-0.05, 0) is 24.3 Å². The van der Waals surface area contributed by atoms with Crippen LogP contribution in [0.3, 0.4) is 0 Å². The molecule has 2 nitrogen and oxygen atoms in total. The van der Waals surface area contributed by atoms with Crippen LogP contribution < -0.4 is 0 Å². The summed E-state index contributed by atoms with van der Waals surface area (Å²) in [6.45, 7) is 0. The van der Waals surface area contributed by atoms with Gasteiger partial charge in [0, 0.05) is 15.6 Å². The van der Waals surface area contributed by atoms with Gasteiger partial charge in [0.15, 0.2) is 0 Å². The van der Waals surface area contributed by atoms with Gasteiger partial charge < -0.3 is 0 Å². The van der Waals surface area contributed by atoms with Crippen LogP contribution in [0.1, 0.15) is 5.56 Å². The lowest BCUT2D eigenvalue weighted by atomic mass is 10.1. The Morgan fingerprint density at radius 1 is 1.00 bits per heavy atom. The number of aromatic nitrogens is 2. The number of benzene rings is 2. The normalized spacial score (nSPS) is 10.8. The molecule has 0 atom stereocenters. The largest absolute Gasteiger partial charge is 0.221 e. The molecule has 0 unspecified atom stereocenters. The Labute approximate surface area is 141 Å². The molecule has 0 amide bonds. The molecule has 21 heavy (non-hydrogen) atoms. The van der Waals surface area contributed by atoms with E-state index in [4.69, 9.17) is 23.2 Å². The summed E-state index contributed by atoms with van der Waals surface area (Å²) < 4.78 is 2.74. The van der Waals surface area contributed by atoms with Crippen molar-refractivity contribution in [1.82, 2.24) is 9.78 Å². The zero-order valence-electron chi connectivity index (χ0n) is 10.9. The number of halogens is 3. The maximum Gasteiger partial charge on any atom is 0.137 e. The molecule has 1 heterocycles. The van der Waals surface area contributed by atoms with Crippen LogP contribution in [0, 0.1) is 0 Å². The number of rotatable bonds is 3. The fourth-order valence-electron chi connectivity index (χ4n) is 2.13. The zero-order valence-corrected chi connectivity index (χ0v) is 14.0. The van der Waals surface area contributed by atoms with Crippen LogP contribution >= 0.6 is 39.1 Å². The van der Waals surface area contributed by atoms with Crippen molar-refractivity contribution >= 4 is 39.1 Å². The number of nitrogens with zero attached hydrogens (tertiary/aromatic N) is 2. The first-order valence-electron chi connectivity index (χ1n) is 6.35. The molecule has 0 fully saturated rings. The number of hydrogen-bond donors (Lipinski definition) is 0. The molecule has 0 N–H and O–H groups in total. The minimum Gasteiger partial charge on any atom is -0.221 e. The summed E-state index contributed by atoms with van der Waals surface area (Å²) in [5.74, 6) is 0.317. The molecule has 3 rings (SSSR count). The van der Waals surface area contributed by atoms with E-state index in [1.165, 1.54) is 0 Å². The van der Waals surface area contributed by atoms with Crippen LogP contribution in [-0.4, -0.2) is 9.78 Å². The van der Waals surface area contributed by atoms with Gasteiger partial charge in [-0.1, -0.05) is 57.9 Å². The maximum absolute atomic E-state index is 6.45. The molecule has 0 spiro atoms. The number of hydrogen-bond acceptors (Lipinski definition) is 1. The van der Waals surface area contributed by atoms with Gasteiger partial charge in [-0.25, -0.2) is 4.68 Å². The van der Waals surface area contributed by atoms with Crippen molar-refractivity contribution in [3.05, 3.63) is 69.8 Å². The molecular formula is C16H11BrCl2N2. The third-order valence-electron chi connectivity index (χ3n) is 3.17. The van der Waals surface area contributed by atoms with Gasteiger partial charge in [-0.3, -0.25) is 0 Å². The summed E-state index contributed by atoms with van der Waals surface area (Å²) in [5, 5.41) is 5.19. The van der Waals surface area contributed by atoms with Crippen LogP contribution in [0.25, 0.3) is 16.9 Å². The highest BCUT2D eigenvalue weighted by Gasteiger charge is 2.17. The van der Waals surface area contributed by atoms with E-state index in [0.717, 1.165) is 27.0 Å². The lowest BCUT2D eigenvalue weighted by Gasteiger charge is -2.02. The second kappa shape index (κ2) is 6.22. The molecule has 0 aliphatic rings. The Hall–Kier alpha value is -1.29. The Bertz CT molecular complexity index is 752. The van der Waals surface area contributed by atoms with Crippen molar-refractivity contribution < 1.29 is 0 Å². The quantitative estimate of drug-likeness (QED) is 0.532. The van der Waals surface area contributed by atoms with E-state index in [9.17, 15) is 0 Å². The Balaban J connectivity index is 2.16. The molecule has 2 aromatic carbocycles. The molecule has 0 radical (unpaired) electrons. The van der Waals surface area contributed by atoms with Gasteiger partial charge in [-0.15, -0.1) is 11.6 Å². The van der Waals surface area contributed by atoms with Crippen LogP contribution in [0.4, 0.5) is 0 Å². The van der Waals surface area contributed by atoms with E-state index in [2.05, 4.69) is 21.0 Å². The molecule has 1 aromatic heterocycles. The monoisotopic (exact) mass is 380 g/mol. The molecular weight excluding hydrogens is 371 g/mol. The molecule has 0 saturated heterocycles. The molecule has 0 aliphatic heterocycles. The molecule has 0 aliphatic carbocycles. The predicted octanol–water partition coefficient (Wildman–Crippen LogP) is 5.69. The van der Waals surface area contributed by atoms with E-state index >= 15 is 0 Å². The highest BCUT2D eigenvalue weighted by molar-refractivity contribution is 9.10. The topological polar surface area (TPSA) is 17.8 Å². The van der Waals surface area contributed by atoms with E-state index in [1.807, 2.05) is 54.6 Å². The van der Waals surface area contributed by atoms with Crippen molar-refractivity contribution in [2.24, 2.45) is 0 Å². The zero-order chi connectivity index (χ0) is 14.8. The Kier molecular flexibility index (Phi) is 4.34. The van der Waals surface area contributed by atoms with Gasteiger partial charge in [0.2, 0.25) is 0 Å².